The third kappa shape index (κ3) is 4.69. The third-order valence-electron chi connectivity index (χ3n) is 3.71. The normalized spacial score (nSPS) is 17.5. The van der Waals surface area contributed by atoms with Crippen molar-refractivity contribution >= 4 is 11.9 Å². The van der Waals surface area contributed by atoms with E-state index < -0.39 is 24.2 Å². The quantitative estimate of drug-likeness (QED) is 0.810. The number of halogens is 4. The predicted molar refractivity (Wildman–Crippen MR) is 80.3 cm³/mol. The summed E-state index contributed by atoms with van der Waals surface area (Å²) in [7, 11) is 0. The lowest BCUT2D eigenvalue weighted by Gasteiger charge is -2.17. The number of hydrogen-bond acceptors (Lipinski definition) is 6. The van der Waals surface area contributed by atoms with E-state index in [4.69, 9.17) is 4.42 Å². The van der Waals surface area contributed by atoms with Crippen LogP contribution in [-0.2, 0) is 9.53 Å². The van der Waals surface area contributed by atoms with E-state index in [-0.39, 0.29) is 38.0 Å². The number of benzene rings is 1. The van der Waals surface area contributed by atoms with Crippen molar-refractivity contribution in [2.45, 2.75) is 18.9 Å². The average Bonchev–Trinajstić information content (AvgIpc) is 3.21. The molecule has 0 aliphatic carbocycles. The Morgan fingerprint density at radius 2 is 2.04 bits per heavy atom. The molecular formula is C15H14F4N4O3. The summed E-state index contributed by atoms with van der Waals surface area (Å²) in [5.41, 5.74) is 0.505. The number of carbonyl (C=O) groups is 1. The highest BCUT2D eigenvalue weighted by Gasteiger charge is 2.37. The summed E-state index contributed by atoms with van der Waals surface area (Å²) in [6.45, 7) is -0.180. The van der Waals surface area contributed by atoms with Crippen LogP contribution < -0.4 is 5.32 Å². The molecule has 1 N–H and O–H groups in total. The summed E-state index contributed by atoms with van der Waals surface area (Å²) in [5.74, 6) is -0.685. The first-order valence-electron chi connectivity index (χ1n) is 7.66. The molecule has 7 nitrogen and oxygen atoms in total. The van der Waals surface area contributed by atoms with Gasteiger partial charge in [0.2, 0.25) is 11.8 Å². The molecule has 140 valence electrons. The van der Waals surface area contributed by atoms with E-state index in [0.717, 1.165) is 0 Å². The second-order valence-corrected chi connectivity index (χ2v) is 5.59. The van der Waals surface area contributed by atoms with E-state index in [9.17, 15) is 22.4 Å². The zero-order valence-electron chi connectivity index (χ0n) is 13.3. The first-order chi connectivity index (χ1) is 12.3. The summed E-state index contributed by atoms with van der Waals surface area (Å²) in [6.07, 6.45) is -5.67. The van der Waals surface area contributed by atoms with Crippen molar-refractivity contribution < 1.29 is 31.5 Å². The van der Waals surface area contributed by atoms with E-state index in [1.165, 1.54) is 29.2 Å². The fourth-order valence-corrected chi connectivity index (χ4v) is 2.51. The second-order valence-electron chi connectivity index (χ2n) is 5.59. The van der Waals surface area contributed by atoms with Crippen LogP contribution in [-0.4, -0.2) is 53.1 Å². The summed E-state index contributed by atoms with van der Waals surface area (Å²) >= 11 is 0. The largest absolute Gasteiger partial charge is 0.522 e. The molecule has 0 radical (unpaired) electrons. The summed E-state index contributed by atoms with van der Waals surface area (Å²) in [6, 6.07) is 5.37. The number of amides is 1. The number of likely N-dealkylation sites (tertiary alicyclic amines) is 1. The minimum absolute atomic E-state index is 0.0278. The molecule has 26 heavy (non-hydrogen) atoms. The van der Waals surface area contributed by atoms with Gasteiger partial charge < -0.3 is 14.6 Å². The molecule has 1 aliphatic rings. The zero-order valence-corrected chi connectivity index (χ0v) is 13.3. The highest BCUT2D eigenvalue weighted by atomic mass is 19.4. The number of anilines is 1. The maximum Gasteiger partial charge on any atom is 0.522 e. The maximum absolute atomic E-state index is 12.9. The number of rotatable bonds is 5. The van der Waals surface area contributed by atoms with Gasteiger partial charge in [0.1, 0.15) is 5.82 Å². The van der Waals surface area contributed by atoms with Gasteiger partial charge in [0.05, 0.1) is 12.6 Å². The van der Waals surface area contributed by atoms with Gasteiger partial charge in [-0.15, -0.1) is 18.3 Å². The Balaban J connectivity index is 1.50. The molecule has 1 aromatic heterocycles. The molecule has 1 atom stereocenters. The molecule has 1 aliphatic heterocycles. The van der Waals surface area contributed by atoms with Crippen LogP contribution >= 0.6 is 0 Å². The predicted octanol–water partition coefficient (Wildman–Crippen LogP) is 2.42. The molecule has 0 bridgehead atoms. The first kappa shape index (κ1) is 18.1. The summed E-state index contributed by atoms with van der Waals surface area (Å²) < 4.78 is 58.7. The highest BCUT2D eigenvalue weighted by Crippen LogP contribution is 2.24. The van der Waals surface area contributed by atoms with Crippen LogP contribution in [0.5, 0.6) is 0 Å². The Hall–Kier alpha value is -2.69. The number of aromatic nitrogens is 2. The SMILES string of the molecule is O=C(CNc1nnc(-c2ccc(F)cc2)o1)N1CCC(OC(F)(F)F)C1. The third-order valence-corrected chi connectivity index (χ3v) is 3.71. The lowest BCUT2D eigenvalue weighted by Crippen LogP contribution is -2.35. The summed E-state index contributed by atoms with van der Waals surface area (Å²) in [4.78, 5) is 13.3. The Morgan fingerprint density at radius 3 is 2.73 bits per heavy atom. The van der Waals surface area contributed by atoms with Gasteiger partial charge in [0, 0.05) is 18.7 Å². The number of alkyl halides is 3. The lowest BCUT2D eigenvalue weighted by atomic mass is 10.2. The molecule has 2 heterocycles. The van der Waals surface area contributed by atoms with Gasteiger partial charge in [0.15, 0.2) is 0 Å². The standard InChI is InChI=1S/C15H14F4N4O3/c16-10-3-1-9(2-4-10)13-21-22-14(25-13)20-7-12(24)23-6-5-11(8-23)26-15(17,18)19/h1-4,11H,5-8H2,(H,20,22). The van der Waals surface area contributed by atoms with Gasteiger partial charge in [-0.2, -0.15) is 0 Å². The molecule has 11 heteroatoms. The van der Waals surface area contributed by atoms with Crippen molar-refractivity contribution in [2.75, 3.05) is 25.0 Å². The molecule has 2 aromatic rings. The topological polar surface area (TPSA) is 80.5 Å². The minimum Gasteiger partial charge on any atom is -0.403 e. The van der Waals surface area contributed by atoms with Crippen LogP contribution in [0.15, 0.2) is 28.7 Å². The highest BCUT2D eigenvalue weighted by molar-refractivity contribution is 5.80. The molecule has 0 spiro atoms. The molecule has 1 aromatic carbocycles. The smallest absolute Gasteiger partial charge is 0.403 e. The van der Waals surface area contributed by atoms with Gasteiger partial charge in [-0.1, -0.05) is 5.10 Å². The Labute approximate surface area is 144 Å². The van der Waals surface area contributed by atoms with Crippen molar-refractivity contribution in [1.29, 1.82) is 0 Å². The van der Waals surface area contributed by atoms with Crippen molar-refractivity contribution in [2.24, 2.45) is 0 Å². The van der Waals surface area contributed by atoms with Gasteiger partial charge >= 0.3 is 12.4 Å². The lowest BCUT2D eigenvalue weighted by molar-refractivity contribution is -0.340. The van der Waals surface area contributed by atoms with Gasteiger partial charge in [-0.25, -0.2) is 4.39 Å². The average molecular weight is 374 g/mol. The van der Waals surface area contributed by atoms with Crippen LogP contribution in [0.2, 0.25) is 0 Å². The maximum atomic E-state index is 12.9. The molecule has 1 fully saturated rings. The number of ether oxygens (including phenoxy) is 1. The molecule has 1 unspecified atom stereocenters. The van der Waals surface area contributed by atoms with Gasteiger partial charge in [0.25, 0.3) is 0 Å². The van der Waals surface area contributed by atoms with Crippen molar-refractivity contribution in [1.82, 2.24) is 15.1 Å². The van der Waals surface area contributed by atoms with Gasteiger partial charge in [-0.3, -0.25) is 9.53 Å². The molecule has 0 saturated carbocycles. The van der Waals surface area contributed by atoms with Crippen LogP contribution in [0, 0.1) is 5.82 Å². The molecular weight excluding hydrogens is 360 g/mol. The fraction of sp³-hybridized carbons (Fsp3) is 0.400. The zero-order chi connectivity index (χ0) is 18.7. The number of nitrogens with zero attached hydrogens (tertiary/aromatic N) is 3. The molecule has 3 rings (SSSR count). The van der Waals surface area contributed by atoms with E-state index in [2.05, 4.69) is 20.3 Å². The van der Waals surface area contributed by atoms with E-state index in [1.54, 1.807) is 0 Å². The Kier molecular flexibility index (Phi) is 5.07. The fourth-order valence-electron chi connectivity index (χ4n) is 2.51. The molecule has 1 amide bonds. The van der Waals surface area contributed by atoms with Crippen molar-refractivity contribution in [3.63, 3.8) is 0 Å². The number of carbonyl (C=O) groups excluding carboxylic acids is 1. The van der Waals surface area contributed by atoms with E-state index in [1.807, 2.05) is 0 Å². The van der Waals surface area contributed by atoms with E-state index >= 15 is 0 Å². The number of hydrogen-bond donors (Lipinski definition) is 1. The molecule has 1 saturated heterocycles. The van der Waals surface area contributed by atoms with E-state index in [0.29, 0.717) is 5.56 Å². The monoisotopic (exact) mass is 374 g/mol. The first-order valence-corrected chi connectivity index (χ1v) is 7.66. The van der Waals surface area contributed by atoms with Crippen molar-refractivity contribution in [3.8, 4) is 11.5 Å². The van der Waals surface area contributed by atoms with Gasteiger partial charge in [-0.05, 0) is 30.7 Å². The van der Waals surface area contributed by atoms with Crippen LogP contribution in [0.1, 0.15) is 6.42 Å². The Bertz CT molecular complexity index is 763. The van der Waals surface area contributed by atoms with Crippen LogP contribution in [0.25, 0.3) is 11.5 Å². The van der Waals surface area contributed by atoms with Crippen molar-refractivity contribution in [3.05, 3.63) is 30.1 Å². The minimum atomic E-state index is -4.72. The second kappa shape index (κ2) is 7.28. The Morgan fingerprint density at radius 1 is 1.31 bits per heavy atom. The van der Waals surface area contributed by atoms with Crippen LogP contribution in [0.3, 0.4) is 0 Å². The van der Waals surface area contributed by atoms with Crippen LogP contribution in [0.4, 0.5) is 23.6 Å². The number of nitrogens with one attached hydrogen (secondary N) is 1. The summed E-state index contributed by atoms with van der Waals surface area (Å²) in [5, 5.41) is 10.1.